The number of guanidine groups is 1. The summed E-state index contributed by atoms with van der Waals surface area (Å²) in [4.78, 5) is 19.9. The van der Waals surface area contributed by atoms with Crippen LogP contribution < -0.4 is 5.32 Å². The lowest BCUT2D eigenvalue weighted by atomic mass is 10.1. The van der Waals surface area contributed by atoms with Crippen molar-refractivity contribution < 1.29 is 13.9 Å². The molecule has 1 atom stereocenters. The van der Waals surface area contributed by atoms with Gasteiger partial charge in [0.05, 0.1) is 12.4 Å². The molecular weight excluding hydrogens is 320 g/mol. The molecule has 7 nitrogen and oxygen atoms in total. The molecule has 1 aromatic rings. The van der Waals surface area contributed by atoms with Crippen molar-refractivity contribution in [1.82, 2.24) is 15.1 Å². The monoisotopic (exact) mass is 350 g/mol. The third-order valence-electron chi connectivity index (χ3n) is 4.36. The van der Waals surface area contributed by atoms with E-state index >= 15 is 0 Å². The third kappa shape index (κ3) is 6.08. The number of hydrogen-bond donors (Lipinski definition) is 1. The van der Waals surface area contributed by atoms with E-state index in [4.69, 9.17) is 9.15 Å². The molecule has 1 amide bonds. The van der Waals surface area contributed by atoms with Crippen molar-refractivity contribution >= 4 is 11.9 Å². The van der Waals surface area contributed by atoms with E-state index in [-0.39, 0.29) is 18.6 Å². The number of likely N-dealkylation sites (N-methyl/N-ethyl adjacent to an activating group) is 1. The van der Waals surface area contributed by atoms with Gasteiger partial charge in [-0.1, -0.05) is 0 Å². The number of aliphatic imine (C=N–C) groups is 1. The Balaban J connectivity index is 2.00. The molecule has 0 bridgehead atoms. The van der Waals surface area contributed by atoms with Gasteiger partial charge in [0.15, 0.2) is 5.96 Å². The van der Waals surface area contributed by atoms with Gasteiger partial charge in [-0.05, 0) is 32.3 Å². The van der Waals surface area contributed by atoms with Crippen LogP contribution in [0.5, 0.6) is 0 Å². The van der Waals surface area contributed by atoms with Crippen molar-refractivity contribution in [3.8, 4) is 0 Å². The van der Waals surface area contributed by atoms with E-state index in [9.17, 15) is 4.79 Å². The van der Waals surface area contributed by atoms with E-state index in [1.807, 2.05) is 24.9 Å². The quantitative estimate of drug-likeness (QED) is 0.624. The predicted octanol–water partition coefficient (Wildman–Crippen LogP) is 1.62. The summed E-state index contributed by atoms with van der Waals surface area (Å²) >= 11 is 0. The van der Waals surface area contributed by atoms with Gasteiger partial charge >= 0.3 is 0 Å². The molecule has 2 heterocycles. The van der Waals surface area contributed by atoms with Gasteiger partial charge in [0.25, 0.3) is 0 Å². The first-order valence-corrected chi connectivity index (χ1v) is 8.81. The zero-order chi connectivity index (χ0) is 18.2. The highest BCUT2D eigenvalue weighted by atomic mass is 16.5. The number of nitrogens with one attached hydrogen (secondary N) is 1. The van der Waals surface area contributed by atoms with Gasteiger partial charge in [-0.3, -0.25) is 4.79 Å². The Morgan fingerprint density at radius 3 is 2.76 bits per heavy atom. The van der Waals surface area contributed by atoms with Crippen LogP contribution in [-0.4, -0.2) is 68.6 Å². The second-order valence-corrected chi connectivity index (χ2v) is 6.66. The normalized spacial score (nSPS) is 18.1. The van der Waals surface area contributed by atoms with E-state index in [0.717, 1.165) is 30.8 Å². The van der Waals surface area contributed by atoms with Gasteiger partial charge in [-0.25, -0.2) is 4.99 Å². The molecule has 7 heteroatoms. The topological polar surface area (TPSA) is 70.3 Å². The van der Waals surface area contributed by atoms with Gasteiger partial charge in [0.2, 0.25) is 5.91 Å². The molecule has 0 saturated carbocycles. The van der Waals surface area contributed by atoms with Crippen LogP contribution in [-0.2, 0) is 16.1 Å². The Labute approximate surface area is 150 Å². The smallest absolute Gasteiger partial charge is 0.243 e. The first-order valence-electron chi connectivity index (χ1n) is 8.81. The van der Waals surface area contributed by atoms with Crippen LogP contribution in [0, 0.1) is 6.92 Å². The number of carbonyl (C=O) groups is 1. The van der Waals surface area contributed by atoms with Crippen molar-refractivity contribution in [1.29, 1.82) is 0 Å². The molecule has 2 rings (SSSR count). The fourth-order valence-electron chi connectivity index (χ4n) is 2.67. The molecule has 1 saturated heterocycles. The van der Waals surface area contributed by atoms with Crippen molar-refractivity contribution in [2.45, 2.75) is 38.8 Å². The van der Waals surface area contributed by atoms with E-state index in [1.54, 1.807) is 25.3 Å². The van der Waals surface area contributed by atoms with Crippen LogP contribution in [0.1, 0.15) is 30.6 Å². The fraction of sp³-hybridized carbons (Fsp3) is 0.667. The summed E-state index contributed by atoms with van der Waals surface area (Å²) in [5.74, 6) is 1.57. The molecule has 1 N–H and O–H groups in total. The van der Waals surface area contributed by atoms with Gasteiger partial charge < -0.3 is 24.3 Å². The fourth-order valence-corrected chi connectivity index (χ4v) is 2.67. The number of ether oxygens (including phenoxy) is 1. The number of carbonyl (C=O) groups excluding carboxylic acids is 1. The van der Waals surface area contributed by atoms with E-state index in [0.29, 0.717) is 19.0 Å². The van der Waals surface area contributed by atoms with Crippen LogP contribution in [0.2, 0.25) is 0 Å². The number of aryl methyl sites for hydroxylation is 1. The van der Waals surface area contributed by atoms with E-state index < -0.39 is 0 Å². The Morgan fingerprint density at radius 1 is 1.36 bits per heavy atom. The maximum Gasteiger partial charge on any atom is 0.243 e. The second-order valence-electron chi connectivity index (χ2n) is 6.66. The van der Waals surface area contributed by atoms with E-state index in [2.05, 4.69) is 10.3 Å². The molecular formula is C18H30N4O3. The average molecular weight is 350 g/mol. The number of amides is 1. The Morgan fingerprint density at radius 2 is 2.16 bits per heavy atom. The number of nitrogens with zero attached hydrogens (tertiary/aromatic N) is 3. The number of rotatable bonds is 6. The number of furan rings is 1. The molecule has 1 aliphatic rings. The zero-order valence-corrected chi connectivity index (χ0v) is 15.7. The standard InChI is InChI=1S/C18H30N4O3/c1-14-15(8-10-24-14)13-22(4)18(20-12-17(23)21(2)3)19-11-16-7-5-6-9-25-16/h8,10,16H,5-7,9,11-13H2,1-4H3,(H,19,20). The largest absolute Gasteiger partial charge is 0.469 e. The van der Waals surface area contributed by atoms with Crippen molar-refractivity contribution in [3.05, 3.63) is 23.7 Å². The molecule has 0 aliphatic carbocycles. The molecule has 1 aromatic heterocycles. The van der Waals surface area contributed by atoms with Crippen LogP contribution >= 0.6 is 0 Å². The predicted molar refractivity (Wildman–Crippen MR) is 97.5 cm³/mol. The van der Waals surface area contributed by atoms with Gasteiger partial charge in [-0.15, -0.1) is 0 Å². The lowest BCUT2D eigenvalue weighted by molar-refractivity contribution is -0.127. The highest BCUT2D eigenvalue weighted by Gasteiger charge is 2.17. The molecule has 0 aromatic carbocycles. The second kappa shape index (κ2) is 9.46. The summed E-state index contributed by atoms with van der Waals surface area (Å²) in [6, 6.07) is 1.96. The molecule has 0 spiro atoms. The minimum Gasteiger partial charge on any atom is -0.469 e. The third-order valence-corrected chi connectivity index (χ3v) is 4.36. The van der Waals surface area contributed by atoms with Crippen LogP contribution in [0.25, 0.3) is 0 Å². The summed E-state index contributed by atoms with van der Waals surface area (Å²) < 4.78 is 11.1. The molecule has 1 unspecified atom stereocenters. The summed E-state index contributed by atoms with van der Waals surface area (Å²) in [6.07, 6.45) is 5.28. The Kier molecular flexibility index (Phi) is 7.31. The van der Waals surface area contributed by atoms with Crippen molar-refractivity contribution in [2.24, 2.45) is 4.99 Å². The Bertz CT molecular complexity index is 577. The van der Waals surface area contributed by atoms with Gasteiger partial charge in [0.1, 0.15) is 12.3 Å². The van der Waals surface area contributed by atoms with Crippen LogP contribution in [0.15, 0.2) is 21.7 Å². The van der Waals surface area contributed by atoms with Crippen molar-refractivity contribution in [2.75, 3.05) is 40.8 Å². The highest BCUT2D eigenvalue weighted by molar-refractivity contribution is 5.84. The van der Waals surface area contributed by atoms with Gasteiger partial charge in [-0.2, -0.15) is 0 Å². The maximum absolute atomic E-state index is 11.9. The maximum atomic E-state index is 11.9. The van der Waals surface area contributed by atoms with Gasteiger partial charge in [0, 0.05) is 46.4 Å². The lowest BCUT2D eigenvalue weighted by Gasteiger charge is -2.27. The molecule has 1 aliphatic heterocycles. The summed E-state index contributed by atoms with van der Waals surface area (Å²) in [5, 5.41) is 3.36. The van der Waals surface area contributed by atoms with Crippen molar-refractivity contribution in [3.63, 3.8) is 0 Å². The summed E-state index contributed by atoms with van der Waals surface area (Å²) in [5.41, 5.74) is 1.10. The van der Waals surface area contributed by atoms with Crippen LogP contribution in [0.3, 0.4) is 0 Å². The number of hydrogen-bond acceptors (Lipinski definition) is 4. The minimum absolute atomic E-state index is 0.0268. The molecule has 140 valence electrons. The highest BCUT2D eigenvalue weighted by Crippen LogP contribution is 2.13. The molecule has 1 fully saturated rings. The summed E-state index contributed by atoms with van der Waals surface area (Å²) in [7, 11) is 5.43. The lowest BCUT2D eigenvalue weighted by Crippen LogP contribution is -2.43. The van der Waals surface area contributed by atoms with E-state index in [1.165, 1.54) is 6.42 Å². The minimum atomic E-state index is -0.0268. The molecule has 0 radical (unpaired) electrons. The first kappa shape index (κ1) is 19.3. The van der Waals surface area contributed by atoms with Crippen LogP contribution in [0.4, 0.5) is 0 Å². The zero-order valence-electron chi connectivity index (χ0n) is 15.7. The molecule has 25 heavy (non-hydrogen) atoms. The average Bonchev–Trinajstić information content (AvgIpc) is 3.00. The Hall–Kier alpha value is -2.02. The SMILES string of the molecule is Cc1occc1CN(C)C(=NCC(=O)N(C)C)NCC1CCCCO1. The first-order chi connectivity index (χ1) is 12.0. The summed E-state index contributed by atoms with van der Waals surface area (Å²) in [6.45, 7) is 4.25.